The van der Waals surface area contributed by atoms with E-state index in [9.17, 15) is 0 Å². The average Bonchev–Trinajstić information content (AvgIpc) is 3.74. The van der Waals surface area contributed by atoms with Crippen molar-refractivity contribution in [1.29, 1.82) is 0 Å². The second kappa shape index (κ2) is 14.6. The molecule has 2 nitrogen and oxygen atoms in total. The average molecular weight is 680 g/mol. The van der Waals surface area contributed by atoms with Crippen molar-refractivity contribution in [3.63, 3.8) is 0 Å². The summed E-state index contributed by atoms with van der Waals surface area (Å²) in [7, 11) is 0. The molecular weight excluding hydrogens is 631 g/mol. The van der Waals surface area contributed by atoms with E-state index in [2.05, 4.69) is 82.4 Å². The Bertz CT molecular complexity index is 1080. The SMILES string of the molecule is CCC[CH2][Sn]([CH2]CCC)([CH2]CCC)[c]1ccc(-c2ccc(-c3ccc(C4OCC(CC)(CC)CO4)s3)s2)s1. The molecule has 0 spiro atoms. The molecule has 4 rings (SSSR count). The third-order valence-corrected chi connectivity index (χ3v) is 30.6. The monoisotopic (exact) mass is 680 g/mol. The van der Waals surface area contributed by atoms with Gasteiger partial charge in [-0.1, -0.05) is 13.8 Å². The summed E-state index contributed by atoms with van der Waals surface area (Å²) in [6.07, 6.45) is 10.3. The minimum absolute atomic E-state index is 0.185. The summed E-state index contributed by atoms with van der Waals surface area (Å²) in [5.74, 6) is 0. The molecule has 0 radical (unpaired) electrons. The van der Waals surface area contributed by atoms with Crippen LogP contribution in [-0.2, 0) is 9.47 Å². The van der Waals surface area contributed by atoms with Crippen molar-refractivity contribution in [3.05, 3.63) is 41.3 Å². The van der Waals surface area contributed by atoms with Gasteiger partial charge in [-0.15, -0.1) is 0 Å². The fourth-order valence-electron chi connectivity index (χ4n) is 5.68. The summed E-state index contributed by atoms with van der Waals surface area (Å²) in [6, 6.07) is 14.1. The van der Waals surface area contributed by atoms with E-state index in [1.165, 1.54) is 62.9 Å². The fraction of sp³-hybridized carbons (Fsp3) is 0.625. The molecule has 0 aliphatic carbocycles. The predicted octanol–water partition coefficient (Wildman–Crippen LogP) is 11.1. The van der Waals surface area contributed by atoms with Gasteiger partial charge in [0.2, 0.25) is 0 Å². The molecule has 6 heteroatoms. The molecule has 1 saturated heterocycles. The Labute approximate surface area is 248 Å². The normalized spacial score (nSPS) is 16.3. The van der Waals surface area contributed by atoms with Crippen molar-refractivity contribution in [2.45, 2.75) is 106 Å². The van der Waals surface area contributed by atoms with Gasteiger partial charge in [-0.3, -0.25) is 0 Å². The first kappa shape index (κ1) is 30.8. The number of hydrogen-bond acceptors (Lipinski definition) is 5. The molecule has 1 aliphatic rings. The molecule has 0 bridgehead atoms. The first-order chi connectivity index (χ1) is 18.5. The molecule has 1 fully saturated rings. The van der Waals surface area contributed by atoms with Crippen LogP contribution < -0.4 is 2.89 Å². The molecule has 1 aliphatic heterocycles. The van der Waals surface area contributed by atoms with Crippen molar-refractivity contribution in [3.8, 4) is 19.5 Å². The van der Waals surface area contributed by atoms with Crippen LogP contribution in [-0.4, -0.2) is 31.6 Å². The molecule has 4 heterocycles. The van der Waals surface area contributed by atoms with Gasteiger partial charge < -0.3 is 0 Å². The third kappa shape index (κ3) is 7.17. The molecular formula is C32H48O2S3Sn. The molecule has 0 aromatic carbocycles. The van der Waals surface area contributed by atoms with Gasteiger partial charge in [0.15, 0.2) is 0 Å². The predicted molar refractivity (Wildman–Crippen MR) is 173 cm³/mol. The quantitative estimate of drug-likeness (QED) is 0.149. The van der Waals surface area contributed by atoms with Crippen molar-refractivity contribution >= 4 is 55.3 Å². The van der Waals surface area contributed by atoms with Crippen molar-refractivity contribution < 1.29 is 9.47 Å². The van der Waals surface area contributed by atoms with Crippen LogP contribution in [0.4, 0.5) is 0 Å². The summed E-state index contributed by atoms with van der Waals surface area (Å²) >= 11 is 3.57. The van der Waals surface area contributed by atoms with Gasteiger partial charge in [-0.25, -0.2) is 0 Å². The Morgan fingerprint density at radius 2 is 1.13 bits per heavy atom. The Kier molecular flexibility index (Phi) is 11.8. The zero-order valence-corrected chi connectivity index (χ0v) is 29.6. The van der Waals surface area contributed by atoms with Gasteiger partial charge in [-0.05, 0) is 12.8 Å². The van der Waals surface area contributed by atoms with E-state index >= 15 is 0 Å². The van der Waals surface area contributed by atoms with Gasteiger partial charge in [0.1, 0.15) is 0 Å². The molecule has 3 aromatic rings. The molecule has 0 saturated carbocycles. The topological polar surface area (TPSA) is 18.5 Å². The van der Waals surface area contributed by atoms with E-state index < -0.39 is 18.4 Å². The first-order valence-electron chi connectivity index (χ1n) is 15.1. The van der Waals surface area contributed by atoms with E-state index in [1.807, 2.05) is 25.6 Å². The van der Waals surface area contributed by atoms with Crippen LogP contribution in [0.15, 0.2) is 36.4 Å². The van der Waals surface area contributed by atoms with Crippen LogP contribution in [0.5, 0.6) is 0 Å². The number of unbranched alkanes of at least 4 members (excludes halogenated alkanes) is 3. The van der Waals surface area contributed by atoms with Crippen molar-refractivity contribution in [1.82, 2.24) is 0 Å². The van der Waals surface area contributed by atoms with E-state index in [4.69, 9.17) is 9.47 Å². The van der Waals surface area contributed by atoms with Crippen LogP contribution >= 0.6 is 34.0 Å². The van der Waals surface area contributed by atoms with Gasteiger partial charge in [-0.2, -0.15) is 0 Å². The van der Waals surface area contributed by atoms with E-state index in [-0.39, 0.29) is 11.7 Å². The molecule has 0 N–H and O–H groups in total. The van der Waals surface area contributed by atoms with Gasteiger partial charge in [0.05, 0.1) is 0 Å². The van der Waals surface area contributed by atoms with Crippen LogP contribution in [0.2, 0.25) is 13.3 Å². The molecule has 0 amide bonds. The Morgan fingerprint density at radius 3 is 1.66 bits per heavy atom. The number of ether oxygens (including phenoxy) is 2. The maximum atomic E-state index is 6.20. The van der Waals surface area contributed by atoms with E-state index in [0.717, 1.165) is 26.1 Å². The number of thiophene rings is 3. The van der Waals surface area contributed by atoms with Crippen LogP contribution in [0.25, 0.3) is 19.5 Å². The van der Waals surface area contributed by atoms with Crippen LogP contribution in [0.1, 0.15) is 97.2 Å². The summed E-state index contributed by atoms with van der Waals surface area (Å²) in [5, 5.41) is 0. The molecule has 210 valence electrons. The minimum atomic E-state index is -2.36. The molecule has 3 aromatic heterocycles. The van der Waals surface area contributed by atoms with Gasteiger partial charge >= 0.3 is 218 Å². The Balaban J connectivity index is 1.50. The molecule has 0 unspecified atom stereocenters. The van der Waals surface area contributed by atoms with E-state index in [0.29, 0.717) is 0 Å². The summed E-state index contributed by atoms with van der Waals surface area (Å²) in [6.45, 7) is 13.2. The maximum absolute atomic E-state index is 6.20. The molecule has 0 atom stereocenters. The van der Waals surface area contributed by atoms with E-state index in [1.54, 1.807) is 13.3 Å². The zero-order chi connectivity index (χ0) is 27.0. The van der Waals surface area contributed by atoms with Gasteiger partial charge in [0.25, 0.3) is 0 Å². The summed E-state index contributed by atoms with van der Waals surface area (Å²) < 4.78 is 18.9. The van der Waals surface area contributed by atoms with Crippen molar-refractivity contribution in [2.75, 3.05) is 13.2 Å². The fourth-order valence-corrected chi connectivity index (χ4v) is 28.0. The summed E-state index contributed by atoms with van der Waals surface area (Å²) in [4.78, 5) is 6.78. The number of rotatable bonds is 15. The van der Waals surface area contributed by atoms with Crippen LogP contribution in [0.3, 0.4) is 0 Å². The second-order valence-electron chi connectivity index (χ2n) is 11.3. The Morgan fingerprint density at radius 1 is 0.658 bits per heavy atom. The zero-order valence-electron chi connectivity index (χ0n) is 24.3. The second-order valence-corrected chi connectivity index (χ2v) is 28.7. The molecule has 38 heavy (non-hydrogen) atoms. The Hall–Kier alpha value is -0.181. The van der Waals surface area contributed by atoms with Crippen LogP contribution in [0, 0.1) is 5.41 Å². The summed E-state index contributed by atoms with van der Waals surface area (Å²) in [5.41, 5.74) is 0.185. The third-order valence-electron chi connectivity index (χ3n) is 8.69. The number of hydrogen-bond donors (Lipinski definition) is 0. The van der Waals surface area contributed by atoms with Crippen molar-refractivity contribution in [2.24, 2.45) is 5.41 Å². The first-order valence-corrected chi connectivity index (χ1v) is 25.0. The standard InChI is InChI=1S/C20H21O2S3.3C4H9.Sn/c1-3-20(4-2)12-21-19(22-13-20)18-10-9-17(25-18)16-8-7-15(24-16)14-6-5-11-23-14;3*1-3-4-2;/h5-10,19H,3-4,12-13H2,1-2H3;3*1,3-4H2,2H3;. The van der Waals surface area contributed by atoms with Gasteiger partial charge in [0, 0.05) is 5.41 Å².